The van der Waals surface area contributed by atoms with Crippen molar-refractivity contribution in [2.75, 3.05) is 0 Å². The average Bonchev–Trinajstić information content (AvgIpc) is 2.77. The van der Waals surface area contributed by atoms with E-state index in [2.05, 4.69) is 10.6 Å². The topological polar surface area (TPSA) is 76.4 Å². The van der Waals surface area contributed by atoms with Crippen LogP contribution in [0.2, 0.25) is 0 Å². The van der Waals surface area contributed by atoms with Crippen LogP contribution in [0.25, 0.3) is 0 Å². The van der Waals surface area contributed by atoms with Gasteiger partial charge in [0.15, 0.2) is 0 Å². The summed E-state index contributed by atoms with van der Waals surface area (Å²) >= 11 is 0. The summed E-state index contributed by atoms with van der Waals surface area (Å²) in [6, 6.07) is 9.71. The summed E-state index contributed by atoms with van der Waals surface area (Å²) in [5.74, 6) is -0.993. The number of aromatic nitrogens is 2. The summed E-state index contributed by atoms with van der Waals surface area (Å²) in [4.78, 5) is 16.3. The first-order valence-corrected chi connectivity index (χ1v) is 5.81. The van der Waals surface area contributed by atoms with Gasteiger partial charge >= 0.3 is 5.97 Å². The minimum Gasteiger partial charge on any atom is -0.478 e. The van der Waals surface area contributed by atoms with E-state index in [-0.39, 0.29) is 12.1 Å². The van der Waals surface area contributed by atoms with E-state index >= 15 is 0 Å². The summed E-state index contributed by atoms with van der Waals surface area (Å²) in [5, 5.41) is 12.9. The molecular weight excluding hydrogens is 246 g/mol. The number of hydroxylamine groups is 1. The Morgan fingerprint density at radius 3 is 2.84 bits per heavy atom. The monoisotopic (exact) mass is 261 g/mol. The minimum atomic E-state index is -0.993. The molecule has 0 bridgehead atoms. The molecule has 1 heterocycles. The highest BCUT2D eigenvalue weighted by Crippen LogP contribution is 2.07. The normalized spacial score (nSPS) is 10.6. The van der Waals surface area contributed by atoms with Gasteiger partial charge in [-0.15, -0.1) is 0 Å². The highest BCUT2D eigenvalue weighted by Gasteiger charge is 2.14. The maximum absolute atomic E-state index is 11.0. The van der Waals surface area contributed by atoms with Crippen LogP contribution in [0.5, 0.6) is 0 Å². The van der Waals surface area contributed by atoms with Crippen LogP contribution >= 0.6 is 0 Å². The summed E-state index contributed by atoms with van der Waals surface area (Å²) < 4.78 is 1.52. The lowest BCUT2D eigenvalue weighted by atomic mass is 10.2. The molecule has 0 amide bonds. The highest BCUT2D eigenvalue weighted by molar-refractivity contribution is 5.88. The molecule has 0 saturated carbocycles. The maximum Gasteiger partial charge on any atom is 0.339 e. The Morgan fingerprint density at radius 2 is 2.16 bits per heavy atom. The predicted octanol–water partition coefficient (Wildman–Crippen LogP) is 1.34. The Kier molecular flexibility index (Phi) is 4.27. The first-order valence-electron chi connectivity index (χ1n) is 5.81. The van der Waals surface area contributed by atoms with E-state index in [1.165, 1.54) is 10.9 Å². The van der Waals surface area contributed by atoms with Crippen molar-refractivity contribution in [2.45, 2.75) is 13.2 Å². The van der Waals surface area contributed by atoms with Crippen LogP contribution in [0.3, 0.4) is 0 Å². The lowest BCUT2D eigenvalue weighted by Crippen LogP contribution is -2.18. The van der Waals surface area contributed by atoms with Crippen LogP contribution in [-0.4, -0.2) is 20.9 Å². The number of carbonyl (C=O) groups is 1. The molecule has 0 radical (unpaired) electrons. The molecule has 100 valence electrons. The zero-order chi connectivity index (χ0) is 13.7. The number of carboxylic acid groups (broad SMARTS) is 1. The van der Waals surface area contributed by atoms with E-state index < -0.39 is 5.97 Å². The fourth-order valence-electron chi connectivity index (χ4n) is 1.68. The molecule has 2 rings (SSSR count). The smallest absolute Gasteiger partial charge is 0.339 e. The van der Waals surface area contributed by atoms with Gasteiger partial charge in [0.1, 0.15) is 5.56 Å². The fourth-order valence-corrected chi connectivity index (χ4v) is 1.68. The van der Waals surface area contributed by atoms with E-state index in [1.807, 2.05) is 30.3 Å². The van der Waals surface area contributed by atoms with Crippen molar-refractivity contribution in [2.24, 2.45) is 7.05 Å². The van der Waals surface area contributed by atoms with Crippen molar-refractivity contribution < 1.29 is 14.7 Å². The van der Waals surface area contributed by atoms with Gasteiger partial charge in [-0.05, 0) is 5.56 Å². The summed E-state index contributed by atoms with van der Waals surface area (Å²) in [5.41, 5.74) is 4.54. The SMILES string of the molecule is Cn1ncc(C(=O)O)c1CNOCc1ccccc1. The average molecular weight is 261 g/mol. The Hall–Kier alpha value is -2.18. The van der Waals surface area contributed by atoms with Gasteiger partial charge in [0.05, 0.1) is 25.0 Å². The quantitative estimate of drug-likeness (QED) is 0.606. The van der Waals surface area contributed by atoms with Crippen LogP contribution in [0.15, 0.2) is 36.5 Å². The van der Waals surface area contributed by atoms with E-state index in [0.717, 1.165) is 5.56 Å². The number of rotatable bonds is 6. The third-order valence-corrected chi connectivity index (χ3v) is 2.72. The fraction of sp³-hybridized carbons (Fsp3) is 0.231. The number of hydrogen-bond acceptors (Lipinski definition) is 4. The van der Waals surface area contributed by atoms with Crippen molar-refractivity contribution in [1.29, 1.82) is 0 Å². The molecule has 6 heteroatoms. The molecule has 0 fully saturated rings. The second-order valence-electron chi connectivity index (χ2n) is 4.03. The van der Waals surface area contributed by atoms with Crippen LogP contribution < -0.4 is 5.48 Å². The lowest BCUT2D eigenvalue weighted by molar-refractivity contribution is 0.0220. The van der Waals surface area contributed by atoms with Gasteiger partial charge in [-0.1, -0.05) is 30.3 Å². The molecule has 1 aromatic carbocycles. The summed E-state index contributed by atoms with van der Waals surface area (Å²) in [6.07, 6.45) is 1.33. The van der Waals surface area contributed by atoms with Crippen LogP contribution in [0, 0.1) is 0 Å². The second-order valence-corrected chi connectivity index (χ2v) is 4.03. The molecule has 2 aromatic rings. The molecule has 0 saturated heterocycles. The Bertz CT molecular complexity index is 552. The lowest BCUT2D eigenvalue weighted by Gasteiger charge is -2.07. The predicted molar refractivity (Wildman–Crippen MR) is 68.2 cm³/mol. The maximum atomic E-state index is 11.0. The van der Waals surface area contributed by atoms with E-state index in [0.29, 0.717) is 12.3 Å². The molecular formula is C13H15N3O3. The van der Waals surface area contributed by atoms with Gasteiger partial charge in [0.25, 0.3) is 0 Å². The van der Waals surface area contributed by atoms with Crippen molar-refractivity contribution in [1.82, 2.24) is 15.3 Å². The summed E-state index contributed by atoms with van der Waals surface area (Å²) in [7, 11) is 1.70. The standard InChI is InChI=1S/C13H15N3O3/c1-16-12(11(7-14-16)13(17)18)8-15-19-9-10-5-3-2-4-6-10/h2-7,15H,8-9H2,1H3,(H,17,18). The van der Waals surface area contributed by atoms with Gasteiger partial charge in [-0.3, -0.25) is 9.52 Å². The first-order chi connectivity index (χ1) is 9.18. The molecule has 1 aromatic heterocycles. The number of aryl methyl sites for hydroxylation is 1. The molecule has 0 aliphatic carbocycles. The van der Waals surface area contributed by atoms with Crippen molar-refractivity contribution in [3.05, 3.63) is 53.3 Å². The Balaban J connectivity index is 1.86. The molecule has 0 aliphatic heterocycles. The van der Waals surface area contributed by atoms with Crippen molar-refractivity contribution in [3.8, 4) is 0 Å². The number of nitrogens with one attached hydrogen (secondary N) is 1. The minimum absolute atomic E-state index is 0.179. The van der Waals surface area contributed by atoms with Crippen molar-refractivity contribution >= 4 is 5.97 Å². The molecule has 0 aliphatic rings. The van der Waals surface area contributed by atoms with Gasteiger partial charge in [-0.25, -0.2) is 4.79 Å². The number of nitrogens with zero attached hydrogens (tertiary/aromatic N) is 2. The zero-order valence-corrected chi connectivity index (χ0v) is 10.5. The van der Waals surface area contributed by atoms with E-state index in [9.17, 15) is 4.79 Å². The summed E-state index contributed by atoms with van der Waals surface area (Å²) in [6.45, 7) is 0.700. The Morgan fingerprint density at radius 1 is 1.42 bits per heavy atom. The highest BCUT2D eigenvalue weighted by atomic mass is 16.6. The van der Waals surface area contributed by atoms with Crippen LogP contribution in [0.1, 0.15) is 21.6 Å². The number of carboxylic acids is 1. The van der Waals surface area contributed by atoms with E-state index in [1.54, 1.807) is 7.05 Å². The van der Waals surface area contributed by atoms with Gasteiger partial charge in [0, 0.05) is 7.05 Å². The van der Waals surface area contributed by atoms with Gasteiger partial charge < -0.3 is 5.11 Å². The molecule has 6 nitrogen and oxygen atoms in total. The van der Waals surface area contributed by atoms with Crippen LogP contribution in [0.4, 0.5) is 0 Å². The number of hydrogen-bond donors (Lipinski definition) is 2. The first kappa shape index (κ1) is 13.3. The zero-order valence-electron chi connectivity index (χ0n) is 10.5. The largest absolute Gasteiger partial charge is 0.478 e. The van der Waals surface area contributed by atoms with E-state index in [4.69, 9.17) is 9.94 Å². The molecule has 0 unspecified atom stereocenters. The third kappa shape index (κ3) is 3.40. The van der Waals surface area contributed by atoms with Crippen molar-refractivity contribution in [3.63, 3.8) is 0 Å². The molecule has 0 atom stereocenters. The number of aromatic carboxylic acids is 1. The second kappa shape index (κ2) is 6.12. The number of benzene rings is 1. The third-order valence-electron chi connectivity index (χ3n) is 2.72. The molecule has 19 heavy (non-hydrogen) atoms. The molecule has 2 N–H and O–H groups in total. The van der Waals surface area contributed by atoms with Gasteiger partial charge in [-0.2, -0.15) is 10.6 Å². The molecule has 0 spiro atoms. The van der Waals surface area contributed by atoms with Gasteiger partial charge in [0.2, 0.25) is 0 Å². The van der Waals surface area contributed by atoms with Crippen LogP contribution in [-0.2, 0) is 25.0 Å². The Labute approximate surface area is 110 Å².